The molecule has 1 heterocycles. The average molecular weight is 387 g/mol. The molecule has 0 atom stereocenters. The van der Waals surface area contributed by atoms with Crippen LogP contribution in [-0.2, 0) is 9.59 Å². The van der Waals surface area contributed by atoms with Gasteiger partial charge in [0.1, 0.15) is 0 Å². The van der Waals surface area contributed by atoms with E-state index in [-0.39, 0.29) is 0 Å². The molecule has 0 spiro atoms. The van der Waals surface area contributed by atoms with E-state index in [1.54, 1.807) is 0 Å². The van der Waals surface area contributed by atoms with Crippen LogP contribution in [0.3, 0.4) is 0 Å². The summed E-state index contributed by atoms with van der Waals surface area (Å²) in [6.45, 7) is 2.12. The van der Waals surface area contributed by atoms with Gasteiger partial charge >= 0.3 is 11.8 Å². The Morgan fingerprint density at radius 2 is 1.63 bits per heavy atom. The largest absolute Gasteiger partial charge is 0.368 e. The van der Waals surface area contributed by atoms with Gasteiger partial charge in [0.15, 0.2) is 0 Å². The van der Waals surface area contributed by atoms with Crippen molar-refractivity contribution < 1.29 is 14.4 Å². The molecule has 2 aromatic rings. The van der Waals surface area contributed by atoms with Crippen LogP contribution in [0.25, 0.3) is 0 Å². The second-order valence-electron chi connectivity index (χ2n) is 6.15. The molecule has 0 aromatic heterocycles. The number of rotatable bonds is 3. The maximum atomic E-state index is 12.4. The Kier molecular flexibility index (Phi) is 5.61. The van der Waals surface area contributed by atoms with Crippen LogP contribution in [0.15, 0.2) is 48.5 Å². The molecule has 27 heavy (non-hydrogen) atoms. The summed E-state index contributed by atoms with van der Waals surface area (Å²) in [6, 6.07) is 13.6. The van der Waals surface area contributed by atoms with Gasteiger partial charge in [-0.2, -0.15) is 0 Å². The number of benzene rings is 2. The molecule has 3 N–H and O–H groups in total. The lowest BCUT2D eigenvalue weighted by atomic mass is 10.2. The van der Waals surface area contributed by atoms with E-state index in [1.807, 2.05) is 24.3 Å². The van der Waals surface area contributed by atoms with Gasteiger partial charge in [0.05, 0.1) is 0 Å². The maximum absolute atomic E-state index is 12.4. The van der Waals surface area contributed by atoms with Crippen molar-refractivity contribution in [2.75, 3.05) is 36.4 Å². The third-order valence-electron chi connectivity index (χ3n) is 4.36. The quantitative estimate of drug-likeness (QED) is 0.785. The third kappa shape index (κ3) is 4.57. The van der Waals surface area contributed by atoms with E-state index in [9.17, 15) is 14.4 Å². The van der Waals surface area contributed by atoms with Crippen molar-refractivity contribution in [3.8, 4) is 0 Å². The molecule has 0 radical (unpaired) electrons. The molecule has 7 nitrogen and oxygen atoms in total. The Bertz CT molecular complexity index is 862. The summed E-state index contributed by atoms with van der Waals surface area (Å²) in [5.74, 6) is -1.85. The van der Waals surface area contributed by atoms with Crippen LogP contribution in [0, 0.1) is 0 Å². The number of primary amides is 1. The number of anilines is 2. The van der Waals surface area contributed by atoms with Crippen molar-refractivity contribution >= 4 is 40.7 Å². The highest BCUT2D eigenvalue weighted by atomic mass is 35.5. The van der Waals surface area contributed by atoms with E-state index in [0.717, 1.165) is 5.69 Å². The predicted octanol–water partition coefficient (Wildman–Crippen LogP) is 1.73. The summed E-state index contributed by atoms with van der Waals surface area (Å²) < 4.78 is 0. The highest BCUT2D eigenvalue weighted by Crippen LogP contribution is 2.21. The minimum Gasteiger partial charge on any atom is -0.368 e. The first kappa shape index (κ1) is 18.7. The van der Waals surface area contributed by atoms with E-state index in [2.05, 4.69) is 10.2 Å². The fourth-order valence-electron chi connectivity index (χ4n) is 2.89. The van der Waals surface area contributed by atoms with E-state index in [0.29, 0.717) is 42.5 Å². The van der Waals surface area contributed by atoms with Gasteiger partial charge in [-0.25, -0.2) is 0 Å². The number of hydrogen-bond acceptors (Lipinski definition) is 4. The first-order valence-corrected chi connectivity index (χ1v) is 8.82. The monoisotopic (exact) mass is 386 g/mol. The predicted molar refractivity (Wildman–Crippen MR) is 104 cm³/mol. The Labute approximate surface area is 161 Å². The fourth-order valence-corrected chi connectivity index (χ4v) is 3.07. The number of amides is 3. The molecule has 0 aliphatic carbocycles. The number of carbonyl (C=O) groups excluding carboxylic acids is 3. The molecule has 1 aliphatic rings. The fraction of sp³-hybridized carbons (Fsp3) is 0.211. The zero-order valence-electron chi connectivity index (χ0n) is 14.5. The van der Waals surface area contributed by atoms with Crippen LogP contribution in [0.5, 0.6) is 0 Å². The number of nitrogens with zero attached hydrogens (tertiary/aromatic N) is 2. The first-order valence-electron chi connectivity index (χ1n) is 8.44. The van der Waals surface area contributed by atoms with Crippen LogP contribution in [0.1, 0.15) is 10.4 Å². The highest BCUT2D eigenvalue weighted by Gasteiger charge is 2.26. The van der Waals surface area contributed by atoms with Crippen LogP contribution in [0.4, 0.5) is 11.4 Å². The molecule has 3 amide bonds. The summed E-state index contributed by atoms with van der Waals surface area (Å²) in [5, 5.41) is 3.20. The van der Waals surface area contributed by atoms with Crippen LogP contribution in [0.2, 0.25) is 5.02 Å². The molecule has 0 unspecified atom stereocenters. The molecule has 3 rings (SSSR count). The van der Waals surface area contributed by atoms with Crippen molar-refractivity contribution in [3.63, 3.8) is 0 Å². The molecule has 140 valence electrons. The van der Waals surface area contributed by atoms with Gasteiger partial charge in [-0.3, -0.25) is 14.4 Å². The molecule has 1 fully saturated rings. The lowest BCUT2D eigenvalue weighted by Crippen LogP contribution is -2.51. The molecule has 1 saturated heterocycles. The molecule has 1 aliphatic heterocycles. The summed E-state index contributed by atoms with van der Waals surface area (Å²) in [4.78, 5) is 39.3. The minimum atomic E-state index is -0.710. The minimum absolute atomic E-state index is 0.330. The Morgan fingerprint density at radius 3 is 2.22 bits per heavy atom. The second kappa shape index (κ2) is 8.09. The van der Waals surface area contributed by atoms with Gasteiger partial charge in [0.2, 0.25) is 5.91 Å². The standard InChI is InChI=1S/C19H19ClN4O3/c20-14-2-1-3-16(12-14)23-8-10-24(11-9-23)19(27)18(26)22-15-6-4-13(5-7-15)17(21)25/h1-7,12H,8-11H2,(H2,21,25)(H,22,26). The SMILES string of the molecule is NC(=O)c1ccc(NC(=O)C(=O)N2CCN(c3cccc(Cl)c3)CC2)cc1. The van der Waals surface area contributed by atoms with Crippen LogP contribution < -0.4 is 16.0 Å². The Morgan fingerprint density at radius 1 is 0.963 bits per heavy atom. The van der Waals surface area contributed by atoms with Crippen molar-refractivity contribution in [1.29, 1.82) is 0 Å². The van der Waals surface area contributed by atoms with Gasteiger partial charge in [-0.1, -0.05) is 17.7 Å². The van der Waals surface area contributed by atoms with Gasteiger partial charge in [-0.05, 0) is 42.5 Å². The average Bonchev–Trinajstić information content (AvgIpc) is 2.68. The van der Waals surface area contributed by atoms with Crippen LogP contribution >= 0.6 is 11.6 Å². The first-order chi connectivity index (χ1) is 12.9. The zero-order chi connectivity index (χ0) is 19.4. The van der Waals surface area contributed by atoms with Crippen molar-refractivity contribution in [1.82, 2.24) is 4.90 Å². The molecular weight excluding hydrogens is 368 g/mol. The van der Waals surface area contributed by atoms with Crippen molar-refractivity contribution in [3.05, 3.63) is 59.1 Å². The topological polar surface area (TPSA) is 95.7 Å². The number of carbonyl (C=O) groups is 3. The summed E-state index contributed by atoms with van der Waals surface area (Å²) in [7, 11) is 0. The molecule has 8 heteroatoms. The summed E-state index contributed by atoms with van der Waals surface area (Å²) in [6.07, 6.45) is 0. The van der Waals surface area contributed by atoms with Gasteiger partial charge in [0.25, 0.3) is 0 Å². The maximum Gasteiger partial charge on any atom is 0.313 e. The highest BCUT2D eigenvalue weighted by molar-refractivity contribution is 6.39. The lowest BCUT2D eigenvalue weighted by molar-refractivity contribution is -0.143. The number of halogens is 1. The zero-order valence-corrected chi connectivity index (χ0v) is 15.3. The summed E-state index contributed by atoms with van der Waals surface area (Å²) >= 11 is 6.02. The number of hydrogen-bond donors (Lipinski definition) is 2. The number of piperazine rings is 1. The van der Waals surface area contributed by atoms with Gasteiger partial charge < -0.3 is 20.9 Å². The van der Waals surface area contributed by atoms with Crippen LogP contribution in [-0.4, -0.2) is 48.8 Å². The van der Waals surface area contributed by atoms with E-state index in [1.165, 1.54) is 29.2 Å². The molecule has 0 bridgehead atoms. The smallest absolute Gasteiger partial charge is 0.313 e. The lowest BCUT2D eigenvalue weighted by Gasteiger charge is -2.35. The van der Waals surface area contributed by atoms with Gasteiger partial charge in [0, 0.05) is 48.1 Å². The number of nitrogens with two attached hydrogens (primary N) is 1. The van der Waals surface area contributed by atoms with Crippen molar-refractivity contribution in [2.45, 2.75) is 0 Å². The van der Waals surface area contributed by atoms with Gasteiger partial charge in [-0.15, -0.1) is 0 Å². The van der Waals surface area contributed by atoms with E-state index >= 15 is 0 Å². The second-order valence-corrected chi connectivity index (χ2v) is 6.59. The number of nitrogens with one attached hydrogen (secondary N) is 1. The third-order valence-corrected chi connectivity index (χ3v) is 4.60. The molecular formula is C19H19ClN4O3. The Balaban J connectivity index is 1.55. The van der Waals surface area contributed by atoms with E-state index in [4.69, 9.17) is 17.3 Å². The molecule has 2 aromatic carbocycles. The molecule has 0 saturated carbocycles. The Hall–Kier alpha value is -3.06. The van der Waals surface area contributed by atoms with E-state index < -0.39 is 17.7 Å². The van der Waals surface area contributed by atoms with Crippen molar-refractivity contribution in [2.24, 2.45) is 5.73 Å². The summed E-state index contributed by atoms with van der Waals surface area (Å²) in [5.41, 5.74) is 6.92. The normalized spacial score (nSPS) is 14.0.